The van der Waals surface area contributed by atoms with E-state index >= 15 is 0 Å². The van der Waals surface area contributed by atoms with Gasteiger partial charge in [-0.2, -0.15) is 0 Å². The Balaban J connectivity index is 0.000000227. The summed E-state index contributed by atoms with van der Waals surface area (Å²) in [5.41, 5.74) is 25.9. The predicted octanol–water partition coefficient (Wildman–Crippen LogP) is 22.1. The van der Waals surface area contributed by atoms with Gasteiger partial charge in [0.15, 0.2) is 0 Å². The standard InChI is InChI=1S/C21H25N2Si.C20H15N4.C19H16N3.C18H15F2N2.C18H16FN2.5Ir/c1-15-8-7-9-16(2)20(15)19-14-17(24(4,5)6)10-11-18(19)21-22-12-13-23(21)3;1-13-6-5-7-14(2)18(13)19-16(20-23-8-9-24(20)4)10-15(12-21)11-17(19)22-3;1-13-5-4-6-14(2)18(13)17-11-15(12-20)7-8-16(17)19-21-9-10-22(19)3;1-11-5-4-6-12(2)16(11)17-14(9-13(19)10-15(17)20)18-21-7-8-22(18)3;1-12-5-4-6-13(2)17(12)16-11-14(19)7-8-15(16)18-20-9-10-21(18)3;;;;;/h7-10,12-14H,1-6H3;5-9,11H,1-2,4H3;4-7,9-11H,1-3H3;4-8,10H,1-3H3;4-7,9-11H,1-3H3;;;;;/q5*-1;;;;;. The van der Waals surface area contributed by atoms with E-state index in [9.17, 15) is 23.7 Å². The molecule has 0 aliphatic carbocycles. The van der Waals surface area contributed by atoms with Crippen molar-refractivity contribution in [1.29, 1.82) is 10.5 Å². The molecule has 0 spiro atoms. The van der Waals surface area contributed by atoms with Gasteiger partial charge in [0.05, 0.1) is 41.5 Å². The second-order valence-electron chi connectivity index (χ2n) is 29.2. The molecule has 0 N–H and O–H groups in total. The van der Waals surface area contributed by atoms with E-state index in [-0.39, 0.29) is 106 Å². The number of benzene rings is 10. The molecule has 0 fully saturated rings. The van der Waals surface area contributed by atoms with Gasteiger partial charge < -0.3 is 22.8 Å². The zero-order valence-electron chi connectivity index (χ0n) is 68.7. The van der Waals surface area contributed by atoms with Crippen LogP contribution in [0.1, 0.15) is 66.8 Å². The summed E-state index contributed by atoms with van der Waals surface area (Å²) in [6, 6.07) is 64.1. The summed E-state index contributed by atoms with van der Waals surface area (Å²) in [6.07, 6.45) is 18.0. The summed E-state index contributed by atoms with van der Waals surface area (Å²) in [7, 11) is 8.19. The van der Waals surface area contributed by atoms with Crippen LogP contribution in [0.3, 0.4) is 0 Å². The van der Waals surface area contributed by atoms with Crippen LogP contribution >= 0.6 is 0 Å². The smallest absolute Gasteiger partial charge is 0.132 e. The van der Waals surface area contributed by atoms with Gasteiger partial charge in [-0.3, -0.25) is 34.2 Å². The van der Waals surface area contributed by atoms with Crippen molar-refractivity contribution >= 4 is 18.9 Å². The topological polar surface area (TPSA) is 141 Å². The maximum Gasteiger partial charge on any atom is 0.132 e. The molecule has 5 heterocycles. The van der Waals surface area contributed by atoms with Gasteiger partial charge in [0.2, 0.25) is 0 Å². The summed E-state index contributed by atoms with van der Waals surface area (Å²) in [6.45, 7) is 35.2. The monoisotopic (exact) mass is 2470 g/mol. The first-order chi connectivity index (χ1) is 54.0. The van der Waals surface area contributed by atoms with Crippen LogP contribution < -0.4 is 5.19 Å². The molecule has 0 atom stereocenters. The van der Waals surface area contributed by atoms with Gasteiger partial charge in [-0.05, 0) is 80.9 Å². The summed E-state index contributed by atoms with van der Waals surface area (Å²) >= 11 is 0. The third kappa shape index (κ3) is 21.5. The Bertz CT molecular complexity index is 6100. The van der Waals surface area contributed by atoms with Crippen molar-refractivity contribution in [3.8, 4) is 125 Å². The third-order valence-electron chi connectivity index (χ3n) is 20.0. The van der Waals surface area contributed by atoms with Crippen molar-refractivity contribution in [2.45, 2.75) is 88.9 Å². The molecular formula is C96H87F3Ir5N13Si-5. The van der Waals surface area contributed by atoms with Crippen LogP contribution in [-0.2, 0) is 136 Å². The Morgan fingerprint density at radius 3 is 1.02 bits per heavy atom. The summed E-state index contributed by atoms with van der Waals surface area (Å²) in [5.74, 6) is 2.15. The molecule has 0 aliphatic rings. The number of hydrogen-bond acceptors (Lipinski definition) is 7. The van der Waals surface area contributed by atoms with E-state index in [0.29, 0.717) is 45.2 Å². The van der Waals surface area contributed by atoms with E-state index in [1.54, 1.807) is 60.8 Å². The van der Waals surface area contributed by atoms with E-state index in [1.165, 1.54) is 44.6 Å². The Kier molecular flexibility index (Phi) is 34.9. The van der Waals surface area contributed by atoms with Crippen LogP contribution in [0.25, 0.3) is 117 Å². The Hall–Kier alpha value is -10.0. The van der Waals surface area contributed by atoms with Gasteiger partial charge in [-0.15, -0.1) is 94.7 Å². The SMILES string of the molecule is Cc1cccc(C)c1-c1c(-c2nccn2C)[c-]c(F)cc1F.Cc1cccc(C)c1-c1cc(C#N)c[c-]c1-c1nccn1C.Cc1cccc(C)c1-c1cc(F)c[c-]c1-c1nccn1C.Cc1cccc(C)c1-c1cc([Si](C)(C)C)c[c-]c1-c1nccn1C.[C-]#[N+]c1cc(C#N)[c-]c(-c2nccn2C)c1-c1c(C)cccc1C.[Ir].[Ir].[Ir].[Ir].[Ir]. The maximum atomic E-state index is 14.6. The molecule has 5 radical (unpaired) electrons. The number of aryl methyl sites for hydroxylation is 15. The van der Waals surface area contributed by atoms with Gasteiger partial charge >= 0.3 is 0 Å². The fourth-order valence-electron chi connectivity index (χ4n) is 14.3. The summed E-state index contributed by atoms with van der Waals surface area (Å²) in [4.78, 5) is 25.7. The third-order valence-corrected chi connectivity index (χ3v) is 22.0. The maximum absolute atomic E-state index is 14.6. The molecule has 22 heteroatoms. The van der Waals surface area contributed by atoms with E-state index in [4.69, 9.17) is 6.57 Å². The van der Waals surface area contributed by atoms with Crippen molar-refractivity contribution in [2.24, 2.45) is 35.2 Å². The quantitative estimate of drug-likeness (QED) is 0.0927. The van der Waals surface area contributed by atoms with Crippen LogP contribution in [0.5, 0.6) is 0 Å². The average molecular weight is 2470 g/mol. The van der Waals surface area contributed by atoms with E-state index in [1.807, 2.05) is 181 Å². The first-order valence-electron chi connectivity index (χ1n) is 36.8. The van der Waals surface area contributed by atoms with Crippen molar-refractivity contribution < 1.29 is 114 Å². The molecule has 0 bridgehead atoms. The molecule has 611 valence electrons. The van der Waals surface area contributed by atoms with Crippen LogP contribution in [0, 0.1) is 146 Å². The van der Waals surface area contributed by atoms with E-state index in [2.05, 4.69) is 167 Å². The number of halogens is 3. The molecule has 15 aromatic rings. The second kappa shape index (κ2) is 42.6. The number of nitrogens with zero attached hydrogens (tertiary/aromatic N) is 13. The second-order valence-corrected chi connectivity index (χ2v) is 34.3. The zero-order valence-corrected chi connectivity index (χ0v) is 81.6. The molecular weight excluding hydrogens is 2380 g/mol. The number of hydrogen-bond donors (Lipinski definition) is 0. The number of aromatic nitrogens is 10. The average Bonchev–Trinajstić information content (AvgIpc) is 1.42. The molecule has 13 nitrogen and oxygen atoms in total. The van der Waals surface area contributed by atoms with Crippen molar-refractivity contribution in [1.82, 2.24) is 47.8 Å². The van der Waals surface area contributed by atoms with Crippen molar-refractivity contribution in [2.75, 3.05) is 0 Å². The minimum Gasteiger partial charge on any atom is -0.373 e. The molecule has 118 heavy (non-hydrogen) atoms. The minimum atomic E-state index is -1.41. The Labute approximate surface area is 760 Å². The molecule has 5 aromatic heterocycles. The first-order valence-corrected chi connectivity index (χ1v) is 40.3. The van der Waals surface area contributed by atoms with Gasteiger partial charge in [0, 0.05) is 224 Å². The zero-order chi connectivity index (χ0) is 81.3. The van der Waals surface area contributed by atoms with Gasteiger partial charge in [-0.1, -0.05) is 245 Å². The normalized spacial score (nSPS) is 10.4. The molecule has 0 amide bonds. The van der Waals surface area contributed by atoms with E-state index in [0.717, 1.165) is 113 Å². The van der Waals surface area contributed by atoms with Gasteiger partial charge in [0.25, 0.3) is 0 Å². The fourth-order valence-corrected chi connectivity index (χ4v) is 15.4. The minimum absolute atomic E-state index is 0. The number of nitriles is 2. The molecule has 0 aliphatic heterocycles. The molecule has 0 unspecified atom stereocenters. The van der Waals surface area contributed by atoms with Crippen molar-refractivity contribution in [3.63, 3.8) is 0 Å². The van der Waals surface area contributed by atoms with Gasteiger partial charge in [0.1, 0.15) is 5.69 Å². The summed E-state index contributed by atoms with van der Waals surface area (Å²) in [5, 5.41) is 20.0. The predicted molar refractivity (Wildman–Crippen MR) is 450 cm³/mol. The Morgan fingerprint density at radius 1 is 0.373 bits per heavy atom. The van der Waals surface area contributed by atoms with Crippen LogP contribution in [-0.4, -0.2) is 55.8 Å². The van der Waals surface area contributed by atoms with Crippen molar-refractivity contribution in [3.05, 3.63) is 327 Å². The number of imidazole rings is 5. The fraction of sp³-hybridized carbons (Fsp3) is 0.188. The molecule has 15 rings (SSSR count). The van der Waals surface area contributed by atoms with Crippen LogP contribution in [0.4, 0.5) is 18.9 Å². The van der Waals surface area contributed by atoms with Crippen LogP contribution in [0.15, 0.2) is 201 Å². The van der Waals surface area contributed by atoms with E-state index < -0.39 is 19.7 Å². The van der Waals surface area contributed by atoms with Gasteiger partial charge in [-0.25, -0.2) is 19.3 Å². The Morgan fingerprint density at radius 2 is 0.686 bits per heavy atom. The molecule has 0 saturated heterocycles. The van der Waals surface area contributed by atoms with Crippen LogP contribution in [0.2, 0.25) is 19.6 Å². The summed E-state index contributed by atoms with van der Waals surface area (Å²) < 4.78 is 51.6. The molecule has 10 aromatic carbocycles. The first kappa shape index (κ1) is 96.8. The number of rotatable bonds is 11. The largest absolute Gasteiger partial charge is 0.373 e. The molecule has 0 saturated carbocycles.